The molecule has 1 N–H and O–H groups in total. The smallest absolute Gasteiger partial charge is 0.265 e. The molecule has 0 spiro atoms. The quantitative estimate of drug-likeness (QED) is 0.515. The van der Waals surface area contributed by atoms with E-state index in [1.165, 1.54) is 4.31 Å². The molecule has 1 aliphatic heterocycles. The second-order valence-corrected chi connectivity index (χ2v) is 11.8. The van der Waals surface area contributed by atoms with Gasteiger partial charge in [-0.3, -0.25) is 9.10 Å². The third kappa shape index (κ3) is 4.98. The Morgan fingerprint density at radius 2 is 1.65 bits per heavy atom. The van der Waals surface area contributed by atoms with Crippen LogP contribution in [0.4, 0.5) is 5.69 Å². The maximum Gasteiger partial charge on any atom is 0.265 e. The maximum absolute atomic E-state index is 13.7. The predicted molar refractivity (Wildman–Crippen MR) is 137 cm³/mol. The SMILES string of the molecule is CC(C)(C)c1ccc(S(=O)(=O)N2c3ccccc3C[C@H]2C(=O)NCCc2ccc(Cl)cc2)cc1. The number of nitrogens with one attached hydrogen (secondary N) is 1. The first-order chi connectivity index (χ1) is 16.1. The molecule has 0 saturated heterocycles. The summed E-state index contributed by atoms with van der Waals surface area (Å²) in [6, 6.07) is 20.9. The first kappa shape index (κ1) is 24.3. The van der Waals surface area contributed by atoms with E-state index in [0.717, 1.165) is 16.7 Å². The van der Waals surface area contributed by atoms with Crippen LogP contribution in [0.2, 0.25) is 5.02 Å². The summed E-state index contributed by atoms with van der Waals surface area (Å²) in [7, 11) is -3.93. The molecule has 1 atom stereocenters. The van der Waals surface area contributed by atoms with Gasteiger partial charge in [0, 0.05) is 18.0 Å². The average Bonchev–Trinajstić information content (AvgIpc) is 3.20. The van der Waals surface area contributed by atoms with E-state index < -0.39 is 16.1 Å². The molecule has 0 fully saturated rings. The lowest BCUT2D eigenvalue weighted by atomic mass is 9.87. The van der Waals surface area contributed by atoms with Crippen molar-refractivity contribution in [3.63, 3.8) is 0 Å². The molecule has 0 unspecified atom stereocenters. The summed E-state index contributed by atoms with van der Waals surface area (Å²) in [4.78, 5) is 13.4. The number of carbonyl (C=O) groups is 1. The van der Waals surface area contributed by atoms with Gasteiger partial charge >= 0.3 is 0 Å². The molecule has 3 aromatic carbocycles. The van der Waals surface area contributed by atoms with Gasteiger partial charge in [-0.2, -0.15) is 0 Å². The number of carbonyl (C=O) groups excluding carboxylic acids is 1. The summed E-state index contributed by atoms with van der Waals surface area (Å²) < 4.78 is 28.8. The van der Waals surface area contributed by atoms with Crippen molar-refractivity contribution >= 4 is 33.2 Å². The van der Waals surface area contributed by atoms with Crippen LogP contribution in [0.15, 0.2) is 77.7 Å². The molecule has 0 aliphatic carbocycles. The lowest BCUT2D eigenvalue weighted by molar-refractivity contribution is -0.122. The van der Waals surface area contributed by atoms with Crippen molar-refractivity contribution in [1.82, 2.24) is 5.32 Å². The Hall–Kier alpha value is -2.83. The highest BCUT2D eigenvalue weighted by molar-refractivity contribution is 7.93. The summed E-state index contributed by atoms with van der Waals surface area (Å²) >= 11 is 5.93. The Bertz CT molecular complexity index is 1280. The van der Waals surface area contributed by atoms with E-state index in [4.69, 9.17) is 11.6 Å². The van der Waals surface area contributed by atoms with E-state index >= 15 is 0 Å². The fourth-order valence-electron chi connectivity index (χ4n) is 4.19. The highest BCUT2D eigenvalue weighted by Gasteiger charge is 2.42. The van der Waals surface area contributed by atoms with Gasteiger partial charge in [-0.1, -0.05) is 74.8 Å². The third-order valence-corrected chi connectivity index (χ3v) is 8.22. The van der Waals surface area contributed by atoms with Crippen molar-refractivity contribution in [2.45, 2.75) is 50.0 Å². The summed E-state index contributed by atoms with van der Waals surface area (Å²) in [6.07, 6.45) is 0.964. The molecule has 0 aromatic heterocycles. The van der Waals surface area contributed by atoms with Crippen molar-refractivity contribution in [1.29, 1.82) is 0 Å². The van der Waals surface area contributed by atoms with E-state index in [-0.39, 0.29) is 16.2 Å². The minimum Gasteiger partial charge on any atom is -0.354 e. The first-order valence-electron chi connectivity index (χ1n) is 11.3. The molecule has 0 saturated carbocycles. The highest BCUT2D eigenvalue weighted by Crippen LogP contribution is 2.37. The van der Waals surface area contributed by atoms with Crippen molar-refractivity contribution in [3.05, 3.63) is 94.5 Å². The topological polar surface area (TPSA) is 66.5 Å². The largest absolute Gasteiger partial charge is 0.354 e. The van der Waals surface area contributed by atoms with Crippen LogP contribution in [0.1, 0.15) is 37.5 Å². The van der Waals surface area contributed by atoms with Gasteiger partial charge in [0.1, 0.15) is 6.04 Å². The minimum atomic E-state index is -3.93. The van der Waals surface area contributed by atoms with Crippen molar-refractivity contribution in [3.8, 4) is 0 Å². The number of amides is 1. The monoisotopic (exact) mass is 496 g/mol. The van der Waals surface area contributed by atoms with Gasteiger partial charge in [-0.15, -0.1) is 0 Å². The molecule has 3 aromatic rings. The molecule has 0 radical (unpaired) electrons. The minimum absolute atomic E-state index is 0.0883. The van der Waals surface area contributed by atoms with Crippen molar-refractivity contribution in [2.75, 3.05) is 10.8 Å². The molecular weight excluding hydrogens is 468 g/mol. The Balaban J connectivity index is 1.57. The third-order valence-electron chi connectivity index (χ3n) is 6.13. The fraction of sp³-hybridized carbons (Fsp3) is 0.296. The van der Waals surface area contributed by atoms with Gasteiger partial charge in [-0.25, -0.2) is 8.42 Å². The predicted octanol–water partition coefficient (Wildman–Crippen LogP) is 5.12. The van der Waals surface area contributed by atoms with Gasteiger partial charge in [0.2, 0.25) is 5.91 Å². The van der Waals surface area contributed by atoms with Gasteiger partial charge in [0.05, 0.1) is 10.6 Å². The Morgan fingerprint density at radius 3 is 2.29 bits per heavy atom. The molecule has 0 bridgehead atoms. The van der Waals surface area contributed by atoms with Gasteiger partial charge in [0.25, 0.3) is 10.0 Å². The molecule has 4 rings (SSSR count). The molecule has 7 heteroatoms. The van der Waals surface area contributed by atoms with E-state index in [1.807, 2.05) is 48.5 Å². The van der Waals surface area contributed by atoms with Crippen LogP contribution in [-0.4, -0.2) is 26.9 Å². The van der Waals surface area contributed by atoms with Crippen LogP contribution in [0.25, 0.3) is 0 Å². The zero-order valence-electron chi connectivity index (χ0n) is 19.6. The second-order valence-electron chi connectivity index (χ2n) is 9.59. The van der Waals surface area contributed by atoms with Crippen molar-refractivity contribution < 1.29 is 13.2 Å². The number of hydrogen-bond donors (Lipinski definition) is 1. The zero-order chi connectivity index (χ0) is 24.5. The standard InChI is InChI=1S/C27H29ClN2O3S/c1-27(2,3)21-10-14-23(15-11-21)34(32,33)30-24-7-5-4-6-20(24)18-25(30)26(31)29-17-16-19-8-12-22(28)13-9-19/h4-15,25H,16-18H2,1-3H3,(H,29,31)/t25-/m0/s1. The number of halogens is 1. The van der Waals surface area contributed by atoms with Crippen LogP contribution in [0, 0.1) is 0 Å². The van der Waals surface area contributed by atoms with Crippen molar-refractivity contribution in [2.24, 2.45) is 0 Å². The second kappa shape index (κ2) is 9.43. The van der Waals surface area contributed by atoms with Crippen LogP contribution in [-0.2, 0) is 33.1 Å². The molecule has 1 amide bonds. The van der Waals surface area contributed by atoms with Gasteiger partial charge in [-0.05, 0) is 58.9 Å². The van der Waals surface area contributed by atoms with E-state index in [2.05, 4.69) is 26.1 Å². The van der Waals surface area contributed by atoms with E-state index in [0.29, 0.717) is 30.1 Å². The molecule has 1 heterocycles. The highest BCUT2D eigenvalue weighted by atomic mass is 35.5. The number of fused-ring (bicyclic) bond motifs is 1. The Kier molecular flexibility index (Phi) is 6.74. The molecular formula is C27H29ClN2O3S. The van der Waals surface area contributed by atoms with E-state index in [9.17, 15) is 13.2 Å². The average molecular weight is 497 g/mol. The number of benzene rings is 3. The lowest BCUT2D eigenvalue weighted by Gasteiger charge is -2.27. The summed E-state index contributed by atoms with van der Waals surface area (Å²) in [5, 5.41) is 3.59. The normalized spacial score (nSPS) is 15.8. The van der Waals surface area contributed by atoms with Crippen LogP contribution >= 0.6 is 11.6 Å². The zero-order valence-corrected chi connectivity index (χ0v) is 21.2. The van der Waals surface area contributed by atoms with Crippen LogP contribution < -0.4 is 9.62 Å². The number of sulfonamides is 1. The lowest BCUT2D eigenvalue weighted by Crippen LogP contribution is -2.48. The number of para-hydroxylation sites is 1. The number of anilines is 1. The molecule has 1 aliphatic rings. The first-order valence-corrected chi connectivity index (χ1v) is 13.1. The van der Waals surface area contributed by atoms with Crippen LogP contribution in [0.3, 0.4) is 0 Å². The molecule has 5 nitrogen and oxygen atoms in total. The fourth-order valence-corrected chi connectivity index (χ4v) is 5.97. The van der Waals surface area contributed by atoms with Gasteiger partial charge in [0.15, 0.2) is 0 Å². The van der Waals surface area contributed by atoms with E-state index in [1.54, 1.807) is 24.3 Å². The number of hydrogen-bond acceptors (Lipinski definition) is 3. The van der Waals surface area contributed by atoms with Crippen LogP contribution in [0.5, 0.6) is 0 Å². The Labute approximate surface area is 206 Å². The molecule has 178 valence electrons. The molecule has 34 heavy (non-hydrogen) atoms. The summed E-state index contributed by atoms with van der Waals surface area (Å²) in [6.45, 7) is 6.65. The summed E-state index contributed by atoms with van der Waals surface area (Å²) in [5.74, 6) is -0.306. The maximum atomic E-state index is 13.7. The number of nitrogens with zero attached hydrogens (tertiary/aromatic N) is 1. The number of rotatable bonds is 6. The Morgan fingerprint density at radius 1 is 1.00 bits per heavy atom. The van der Waals surface area contributed by atoms with Gasteiger partial charge < -0.3 is 5.32 Å². The summed E-state index contributed by atoms with van der Waals surface area (Å²) in [5.41, 5.74) is 3.40.